The molecule has 0 fully saturated rings. The van der Waals surface area contributed by atoms with Gasteiger partial charge in [-0.05, 0) is 43.2 Å². The summed E-state index contributed by atoms with van der Waals surface area (Å²) in [6.45, 7) is 3.92. The lowest BCUT2D eigenvalue weighted by molar-refractivity contribution is -0.144. The number of hydrogen-bond donors (Lipinski definition) is 0. The van der Waals surface area contributed by atoms with Gasteiger partial charge in [0.15, 0.2) is 0 Å². The molecule has 0 aromatic heterocycles. The number of esters is 1. The molecular formula is C22H25NO3. The lowest BCUT2D eigenvalue weighted by atomic mass is 9.93. The van der Waals surface area contributed by atoms with Gasteiger partial charge in [-0.1, -0.05) is 48.5 Å². The Bertz CT molecular complexity index is 748. The monoisotopic (exact) mass is 351 g/mol. The molecule has 136 valence electrons. The standard InChI is InChI=1S/C22H25NO3/c1-3-25-22(24)15-23(2)14-8-12-19-18-10-5-4-9-17(18)16-26-21-13-7-6-11-20(19)21/h4-7,9-13H,3,8,14-16H2,1-2H3. The van der Waals surface area contributed by atoms with Crippen molar-refractivity contribution in [1.82, 2.24) is 4.90 Å². The Balaban J connectivity index is 1.80. The Morgan fingerprint density at radius 2 is 1.88 bits per heavy atom. The summed E-state index contributed by atoms with van der Waals surface area (Å²) in [5.41, 5.74) is 4.71. The van der Waals surface area contributed by atoms with Crippen molar-refractivity contribution in [1.29, 1.82) is 0 Å². The number of fused-ring (bicyclic) bond motifs is 2. The molecule has 0 bridgehead atoms. The summed E-state index contributed by atoms with van der Waals surface area (Å²) in [4.78, 5) is 13.6. The largest absolute Gasteiger partial charge is 0.488 e. The van der Waals surface area contributed by atoms with Crippen molar-refractivity contribution in [3.8, 4) is 5.75 Å². The molecule has 0 atom stereocenters. The van der Waals surface area contributed by atoms with Crippen molar-refractivity contribution in [3.63, 3.8) is 0 Å². The van der Waals surface area contributed by atoms with E-state index < -0.39 is 0 Å². The molecule has 0 saturated carbocycles. The van der Waals surface area contributed by atoms with E-state index in [2.05, 4.69) is 30.3 Å². The molecule has 4 heteroatoms. The summed E-state index contributed by atoms with van der Waals surface area (Å²) >= 11 is 0. The zero-order valence-corrected chi connectivity index (χ0v) is 15.4. The number of hydrogen-bond acceptors (Lipinski definition) is 4. The van der Waals surface area contributed by atoms with E-state index in [0.29, 0.717) is 19.8 Å². The van der Waals surface area contributed by atoms with Crippen molar-refractivity contribution in [2.75, 3.05) is 26.7 Å². The van der Waals surface area contributed by atoms with Gasteiger partial charge in [0.25, 0.3) is 0 Å². The molecule has 2 aromatic carbocycles. The number of ether oxygens (including phenoxy) is 2. The number of carbonyl (C=O) groups is 1. The summed E-state index contributed by atoms with van der Waals surface area (Å²) in [7, 11) is 1.94. The summed E-state index contributed by atoms with van der Waals surface area (Å²) in [6.07, 6.45) is 3.09. The second-order valence-corrected chi connectivity index (χ2v) is 6.39. The van der Waals surface area contributed by atoms with E-state index in [9.17, 15) is 4.79 Å². The van der Waals surface area contributed by atoms with Crippen LogP contribution in [0.2, 0.25) is 0 Å². The maximum Gasteiger partial charge on any atom is 0.320 e. The van der Waals surface area contributed by atoms with Crippen LogP contribution in [-0.4, -0.2) is 37.6 Å². The average Bonchev–Trinajstić information content (AvgIpc) is 2.79. The smallest absolute Gasteiger partial charge is 0.320 e. The molecule has 0 radical (unpaired) electrons. The Hall–Kier alpha value is -2.59. The molecule has 1 aliphatic heterocycles. The van der Waals surface area contributed by atoms with E-state index in [4.69, 9.17) is 9.47 Å². The Morgan fingerprint density at radius 1 is 1.15 bits per heavy atom. The third-order valence-electron chi connectivity index (χ3n) is 4.43. The van der Waals surface area contributed by atoms with Crippen LogP contribution in [0.1, 0.15) is 30.0 Å². The van der Waals surface area contributed by atoms with Gasteiger partial charge in [0.2, 0.25) is 0 Å². The van der Waals surface area contributed by atoms with Crippen LogP contribution in [0, 0.1) is 0 Å². The molecule has 0 unspecified atom stereocenters. The second kappa shape index (κ2) is 8.68. The Kier molecular flexibility index (Phi) is 6.08. The quantitative estimate of drug-likeness (QED) is 0.740. The maximum absolute atomic E-state index is 11.6. The Morgan fingerprint density at radius 3 is 2.69 bits per heavy atom. The molecule has 0 spiro atoms. The fourth-order valence-electron chi connectivity index (χ4n) is 3.18. The summed E-state index contributed by atoms with van der Waals surface area (Å²) in [6, 6.07) is 16.5. The first-order valence-electron chi connectivity index (χ1n) is 9.04. The van der Waals surface area contributed by atoms with Crippen LogP contribution in [0.5, 0.6) is 5.75 Å². The van der Waals surface area contributed by atoms with Crippen molar-refractivity contribution < 1.29 is 14.3 Å². The molecule has 0 saturated heterocycles. The van der Waals surface area contributed by atoms with Crippen LogP contribution >= 0.6 is 0 Å². The van der Waals surface area contributed by atoms with Gasteiger partial charge in [-0.2, -0.15) is 0 Å². The molecule has 0 N–H and O–H groups in total. The van der Waals surface area contributed by atoms with E-state index in [1.807, 2.05) is 43.1 Å². The van der Waals surface area contributed by atoms with Crippen molar-refractivity contribution >= 4 is 11.5 Å². The minimum atomic E-state index is -0.179. The van der Waals surface area contributed by atoms with Crippen molar-refractivity contribution in [2.24, 2.45) is 0 Å². The first-order valence-corrected chi connectivity index (χ1v) is 9.04. The third kappa shape index (κ3) is 4.33. The molecule has 2 aromatic rings. The zero-order valence-electron chi connectivity index (χ0n) is 15.4. The molecule has 0 aliphatic carbocycles. The maximum atomic E-state index is 11.6. The van der Waals surface area contributed by atoms with E-state index in [0.717, 1.165) is 24.3 Å². The number of likely N-dealkylation sites (N-methyl/N-ethyl adjacent to an activating group) is 1. The number of benzene rings is 2. The number of nitrogens with zero attached hydrogens (tertiary/aromatic N) is 1. The minimum Gasteiger partial charge on any atom is -0.488 e. The zero-order chi connectivity index (χ0) is 18.4. The van der Waals surface area contributed by atoms with Gasteiger partial charge >= 0.3 is 5.97 Å². The average molecular weight is 351 g/mol. The van der Waals surface area contributed by atoms with Gasteiger partial charge in [0, 0.05) is 12.1 Å². The van der Waals surface area contributed by atoms with Crippen LogP contribution in [0.25, 0.3) is 5.57 Å². The third-order valence-corrected chi connectivity index (χ3v) is 4.43. The molecule has 1 heterocycles. The second-order valence-electron chi connectivity index (χ2n) is 6.39. The Labute approximate surface area is 155 Å². The molecule has 1 aliphatic rings. The molecule has 26 heavy (non-hydrogen) atoms. The lowest BCUT2D eigenvalue weighted by Gasteiger charge is -2.15. The highest BCUT2D eigenvalue weighted by Crippen LogP contribution is 2.36. The number of rotatable bonds is 6. The predicted molar refractivity (Wildman–Crippen MR) is 103 cm³/mol. The lowest BCUT2D eigenvalue weighted by Crippen LogP contribution is -2.28. The normalized spacial score (nSPS) is 14.3. The highest BCUT2D eigenvalue weighted by atomic mass is 16.5. The fraction of sp³-hybridized carbons (Fsp3) is 0.318. The molecule has 3 rings (SSSR count). The van der Waals surface area contributed by atoms with Crippen LogP contribution in [-0.2, 0) is 16.1 Å². The van der Waals surface area contributed by atoms with Crippen LogP contribution in [0.3, 0.4) is 0 Å². The van der Waals surface area contributed by atoms with Crippen LogP contribution in [0.15, 0.2) is 54.6 Å². The summed E-state index contributed by atoms with van der Waals surface area (Å²) < 4.78 is 11.0. The van der Waals surface area contributed by atoms with Crippen molar-refractivity contribution in [3.05, 3.63) is 71.3 Å². The first kappa shape index (κ1) is 18.2. The number of carbonyl (C=O) groups excluding carboxylic acids is 1. The molecule has 0 amide bonds. The predicted octanol–water partition coefficient (Wildman–Crippen LogP) is 3.90. The molecule has 4 nitrogen and oxygen atoms in total. The summed E-state index contributed by atoms with van der Waals surface area (Å²) in [5, 5.41) is 0. The van der Waals surface area contributed by atoms with Gasteiger partial charge in [0.1, 0.15) is 12.4 Å². The van der Waals surface area contributed by atoms with E-state index in [-0.39, 0.29) is 5.97 Å². The van der Waals surface area contributed by atoms with E-state index in [1.54, 1.807) is 0 Å². The van der Waals surface area contributed by atoms with E-state index in [1.165, 1.54) is 16.7 Å². The first-order chi connectivity index (χ1) is 12.7. The highest BCUT2D eigenvalue weighted by molar-refractivity contribution is 5.84. The highest BCUT2D eigenvalue weighted by Gasteiger charge is 2.18. The van der Waals surface area contributed by atoms with Gasteiger partial charge in [-0.3, -0.25) is 9.69 Å². The summed E-state index contributed by atoms with van der Waals surface area (Å²) in [5.74, 6) is 0.732. The fourth-order valence-corrected chi connectivity index (χ4v) is 3.18. The topological polar surface area (TPSA) is 38.8 Å². The van der Waals surface area contributed by atoms with Gasteiger partial charge in [-0.15, -0.1) is 0 Å². The minimum absolute atomic E-state index is 0.179. The van der Waals surface area contributed by atoms with Gasteiger partial charge < -0.3 is 9.47 Å². The van der Waals surface area contributed by atoms with E-state index >= 15 is 0 Å². The SMILES string of the molecule is CCOC(=O)CN(C)CCC=C1c2ccccc2COc2ccccc21. The molecular weight excluding hydrogens is 326 g/mol. The van der Waals surface area contributed by atoms with Crippen LogP contribution in [0.4, 0.5) is 0 Å². The number of para-hydroxylation sites is 1. The van der Waals surface area contributed by atoms with Gasteiger partial charge in [0.05, 0.1) is 13.2 Å². The van der Waals surface area contributed by atoms with Crippen LogP contribution < -0.4 is 4.74 Å². The van der Waals surface area contributed by atoms with Crippen molar-refractivity contribution in [2.45, 2.75) is 20.0 Å². The van der Waals surface area contributed by atoms with Gasteiger partial charge in [-0.25, -0.2) is 0 Å².